The first-order chi connectivity index (χ1) is 14.0. The number of imide groups is 1. The smallest absolute Gasteiger partial charge is 0.338 e. The Morgan fingerprint density at radius 2 is 1.76 bits per heavy atom. The van der Waals surface area contributed by atoms with E-state index in [4.69, 9.17) is 4.74 Å². The van der Waals surface area contributed by atoms with Crippen LogP contribution in [0.25, 0.3) is 6.08 Å². The van der Waals surface area contributed by atoms with E-state index < -0.39 is 29.6 Å². The number of carbonyl (C=O) groups excluding carboxylic acids is 4. The van der Waals surface area contributed by atoms with E-state index in [1.807, 2.05) is 30.3 Å². The average Bonchev–Trinajstić information content (AvgIpc) is 2.97. The van der Waals surface area contributed by atoms with Gasteiger partial charge in [-0.25, -0.2) is 4.79 Å². The van der Waals surface area contributed by atoms with E-state index in [-0.39, 0.29) is 11.5 Å². The molecule has 0 unspecified atom stereocenters. The number of nitrogens with one attached hydrogen (secondary N) is 1. The number of benzene rings is 2. The molecule has 0 radical (unpaired) electrons. The molecule has 2 aromatic carbocycles. The first-order valence-corrected chi connectivity index (χ1v) is 9.67. The summed E-state index contributed by atoms with van der Waals surface area (Å²) in [5.41, 5.74) is 1.60. The van der Waals surface area contributed by atoms with Crippen molar-refractivity contribution in [3.8, 4) is 0 Å². The zero-order valence-electron chi connectivity index (χ0n) is 15.6. The lowest BCUT2D eigenvalue weighted by Crippen LogP contribution is -2.36. The molecule has 1 saturated heterocycles. The van der Waals surface area contributed by atoms with Gasteiger partial charge < -0.3 is 10.1 Å². The summed E-state index contributed by atoms with van der Waals surface area (Å²) in [5.74, 6) is -1.47. The molecule has 148 valence electrons. The van der Waals surface area contributed by atoms with Gasteiger partial charge in [0.25, 0.3) is 11.1 Å². The maximum atomic E-state index is 12.5. The molecular formula is C21H18N2O5S. The lowest BCUT2D eigenvalue weighted by atomic mass is 10.2. The van der Waals surface area contributed by atoms with E-state index in [0.29, 0.717) is 11.3 Å². The lowest BCUT2D eigenvalue weighted by Gasteiger charge is -2.12. The zero-order chi connectivity index (χ0) is 20.8. The van der Waals surface area contributed by atoms with Crippen molar-refractivity contribution in [3.63, 3.8) is 0 Å². The Kier molecular flexibility index (Phi) is 6.46. The minimum Gasteiger partial charge on any atom is -0.462 e. The molecule has 2 aromatic rings. The number of anilines is 1. The second kappa shape index (κ2) is 9.20. The van der Waals surface area contributed by atoms with Crippen LogP contribution in [-0.2, 0) is 14.3 Å². The third-order valence-electron chi connectivity index (χ3n) is 3.95. The van der Waals surface area contributed by atoms with Crippen LogP contribution in [0.1, 0.15) is 22.8 Å². The highest BCUT2D eigenvalue weighted by Gasteiger charge is 2.36. The van der Waals surface area contributed by atoms with Gasteiger partial charge in [0.1, 0.15) is 6.54 Å². The molecule has 0 aliphatic carbocycles. The van der Waals surface area contributed by atoms with Gasteiger partial charge in [-0.15, -0.1) is 0 Å². The van der Waals surface area contributed by atoms with Crippen LogP contribution in [0.15, 0.2) is 59.5 Å². The summed E-state index contributed by atoms with van der Waals surface area (Å²) in [6.45, 7) is 1.59. The third-order valence-corrected chi connectivity index (χ3v) is 4.86. The first kappa shape index (κ1) is 20.3. The minimum atomic E-state index is -0.517. The summed E-state index contributed by atoms with van der Waals surface area (Å²) >= 11 is 0.802. The van der Waals surface area contributed by atoms with E-state index in [2.05, 4.69) is 5.32 Å². The molecule has 1 fully saturated rings. The van der Waals surface area contributed by atoms with Gasteiger partial charge in [-0.05, 0) is 54.6 Å². The van der Waals surface area contributed by atoms with Crippen molar-refractivity contribution in [2.24, 2.45) is 0 Å². The van der Waals surface area contributed by atoms with E-state index >= 15 is 0 Å². The zero-order valence-corrected chi connectivity index (χ0v) is 16.4. The topological polar surface area (TPSA) is 92.8 Å². The van der Waals surface area contributed by atoms with Crippen LogP contribution in [0.2, 0.25) is 0 Å². The molecule has 0 aromatic heterocycles. The van der Waals surface area contributed by atoms with Crippen LogP contribution in [0.3, 0.4) is 0 Å². The highest BCUT2D eigenvalue weighted by atomic mass is 32.2. The lowest BCUT2D eigenvalue weighted by molar-refractivity contribution is -0.127. The van der Waals surface area contributed by atoms with Gasteiger partial charge in [0.05, 0.1) is 17.1 Å². The Morgan fingerprint density at radius 1 is 1.07 bits per heavy atom. The predicted molar refractivity (Wildman–Crippen MR) is 110 cm³/mol. The molecule has 3 amide bonds. The third kappa shape index (κ3) is 5.11. The van der Waals surface area contributed by atoms with E-state index in [9.17, 15) is 19.2 Å². The molecule has 3 rings (SSSR count). The second-order valence-electron chi connectivity index (χ2n) is 6.02. The number of esters is 1. The van der Waals surface area contributed by atoms with Crippen LogP contribution in [0.5, 0.6) is 0 Å². The molecule has 1 aliphatic rings. The highest BCUT2D eigenvalue weighted by molar-refractivity contribution is 8.18. The first-order valence-electron chi connectivity index (χ1n) is 8.85. The maximum absolute atomic E-state index is 12.5. The van der Waals surface area contributed by atoms with Crippen LogP contribution in [-0.4, -0.2) is 41.1 Å². The summed E-state index contributed by atoms with van der Waals surface area (Å²) in [6.07, 6.45) is 1.62. The van der Waals surface area contributed by atoms with Gasteiger partial charge in [0.15, 0.2) is 0 Å². The Balaban J connectivity index is 1.62. The van der Waals surface area contributed by atoms with Crippen molar-refractivity contribution in [2.75, 3.05) is 18.5 Å². The number of hydrogen-bond donors (Lipinski definition) is 1. The molecule has 1 aliphatic heterocycles. The van der Waals surface area contributed by atoms with E-state index in [1.54, 1.807) is 25.1 Å². The van der Waals surface area contributed by atoms with Gasteiger partial charge in [0.2, 0.25) is 5.91 Å². The Morgan fingerprint density at radius 3 is 2.41 bits per heavy atom. The molecular weight excluding hydrogens is 392 g/mol. The summed E-state index contributed by atoms with van der Waals surface area (Å²) < 4.78 is 4.90. The van der Waals surface area contributed by atoms with Crippen LogP contribution in [0, 0.1) is 0 Å². The summed E-state index contributed by atoms with van der Waals surface area (Å²) in [6, 6.07) is 15.3. The number of amides is 3. The highest BCUT2D eigenvalue weighted by Crippen LogP contribution is 2.32. The molecule has 29 heavy (non-hydrogen) atoms. The van der Waals surface area contributed by atoms with E-state index in [1.165, 1.54) is 12.1 Å². The predicted octanol–water partition coefficient (Wildman–Crippen LogP) is 3.54. The normalized spacial score (nSPS) is 14.9. The summed E-state index contributed by atoms with van der Waals surface area (Å²) in [5, 5.41) is 2.11. The number of nitrogens with zero attached hydrogens (tertiary/aromatic N) is 1. The number of ether oxygens (including phenoxy) is 1. The van der Waals surface area contributed by atoms with Crippen molar-refractivity contribution < 1.29 is 23.9 Å². The quantitative estimate of drug-likeness (QED) is 0.578. The molecule has 0 atom stereocenters. The molecule has 0 bridgehead atoms. The SMILES string of the molecule is CCOC(=O)c1ccc(NC(=O)CN2C(=O)SC(=Cc3ccccc3)C2=O)cc1. The monoisotopic (exact) mass is 410 g/mol. The molecule has 1 N–H and O–H groups in total. The van der Waals surface area contributed by atoms with Crippen molar-refractivity contribution in [3.05, 3.63) is 70.6 Å². The second-order valence-corrected chi connectivity index (χ2v) is 7.02. The van der Waals surface area contributed by atoms with Crippen molar-refractivity contribution in [1.29, 1.82) is 0 Å². The summed E-state index contributed by atoms with van der Waals surface area (Å²) in [4.78, 5) is 49.7. The maximum Gasteiger partial charge on any atom is 0.338 e. The molecule has 1 heterocycles. The van der Waals surface area contributed by atoms with Crippen molar-refractivity contribution >= 4 is 46.5 Å². The largest absolute Gasteiger partial charge is 0.462 e. The van der Waals surface area contributed by atoms with Gasteiger partial charge in [0, 0.05) is 5.69 Å². The average molecular weight is 410 g/mol. The standard InChI is InChI=1S/C21H18N2O5S/c1-2-28-20(26)15-8-10-16(11-9-15)22-18(24)13-23-19(25)17(29-21(23)27)12-14-6-4-3-5-7-14/h3-12H,2,13H2,1H3,(H,22,24). The molecule has 0 spiro atoms. The molecule has 7 nitrogen and oxygen atoms in total. The Labute approximate surface area is 171 Å². The fourth-order valence-corrected chi connectivity index (χ4v) is 3.42. The molecule has 8 heteroatoms. The van der Waals surface area contributed by atoms with Gasteiger partial charge in [-0.2, -0.15) is 0 Å². The van der Waals surface area contributed by atoms with Gasteiger partial charge in [-0.3, -0.25) is 19.3 Å². The minimum absolute atomic E-state index is 0.271. The Bertz CT molecular complexity index is 970. The number of rotatable bonds is 6. The summed E-state index contributed by atoms with van der Waals surface area (Å²) in [7, 11) is 0. The van der Waals surface area contributed by atoms with Gasteiger partial charge >= 0.3 is 5.97 Å². The molecule has 0 saturated carbocycles. The fourth-order valence-electron chi connectivity index (χ4n) is 2.59. The van der Waals surface area contributed by atoms with Crippen LogP contribution in [0.4, 0.5) is 10.5 Å². The van der Waals surface area contributed by atoms with Crippen molar-refractivity contribution in [1.82, 2.24) is 4.90 Å². The van der Waals surface area contributed by atoms with E-state index in [0.717, 1.165) is 22.2 Å². The fraction of sp³-hybridized carbons (Fsp3) is 0.143. The number of carbonyl (C=O) groups is 4. The van der Waals surface area contributed by atoms with Crippen LogP contribution >= 0.6 is 11.8 Å². The van der Waals surface area contributed by atoms with Gasteiger partial charge in [-0.1, -0.05) is 30.3 Å². The number of hydrogen-bond acceptors (Lipinski definition) is 6. The van der Waals surface area contributed by atoms with Crippen LogP contribution < -0.4 is 5.32 Å². The Hall–Kier alpha value is -3.39. The number of thioether (sulfide) groups is 1. The van der Waals surface area contributed by atoms with Crippen molar-refractivity contribution in [2.45, 2.75) is 6.92 Å².